The van der Waals surface area contributed by atoms with Gasteiger partial charge in [-0.05, 0) is 48.5 Å². The summed E-state index contributed by atoms with van der Waals surface area (Å²) in [5, 5.41) is 9.87. The number of carbonyl (C=O) groups is 1. The van der Waals surface area contributed by atoms with E-state index in [1.807, 2.05) is 0 Å². The summed E-state index contributed by atoms with van der Waals surface area (Å²) < 4.78 is 67.8. The Hall–Kier alpha value is -4.15. The number of nitrogens with one attached hydrogen (secondary N) is 1. The van der Waals surface area contributed by atoms with Gasteiger partial charge in [0.05, 0.1) is 17.5 Å². The second-order valence-corrected chi connectivity index (χ2v) is 6.06. The van der Waals surface area contributed by atoms with E-state index in [-0.39, 0.29) is 23.0 Å². The number of hydrogen-bond donors (Lipinski definition) is 1. The smallest absolute Gasteiger partial charge is 0.387 e. The van der Waals surface area contributed by atoms with E-state index in [4.69, 9.17) is 8.83 Å². The molecular formula is C20H11F4N3O4. The minimum absolute atomic E-state index is 0.00868. The topological polar surface area (TPSA) is 90.4 Å². The van der Waals surface area contributed by atoms with E-state index >= 15 is 0 Å². The predicted molar refractivity (Wildman–Crippen MR) is 98.4 cm³/mol. The number of halogens is 4. The highest BCUT2D eigenvalue weighted by Gasteiger charge is 2.20. The molecule has 0 fully saturated rings. The standard InChI is InChI=1S/C20H11F4N3O4/c21-11-4-6-15(30-20(23)24)12(9-11)17(28)25-14-8-10(3-5-13(14)22)18-26-27-19(31-18)16-2-1-7-29-16/h1-9,20H,(H,25,28). The lowest BCUT2D eigenvalue weighted by atomic mass is 10.1. The van der Waals surface area contributed by atoms with Gasteiger partial charge in [0.2, 0.25) is 5.89 Å². The van der Waals surface area contributed by atoms with E-state index < -0.39 is 35.5 Å². The van der Waals surface area contributed by atoms with Crippen molar-refractivity contribution in [3.05, 3.63) is 72.0 Å². The number of anilines is 1. The first-order chi connectivity index (χ1) is 14.9. The van der Waals surface area contributed by atoms with Crippen molar-refractivity contribution in [1.29, 1.82) is 0 Å². The molecule has 0 bridgehead atoms. The van der Waals surface area contributed by atoms with Crippen LogP contribution < -0.4 is 10.1 Å². The lowest BCUT2D eigenvalue weighted by Gasteiger charge is -2.12. The maximum atomic E-state index is 14.3. The van der Waals surface area contributed by atoms with Gasteiger partial charge in [-0.15, -0.1) is 10.2 Å². The molecule has 0 spiro atoms. The van der Waals surface area contributed by atoms with Gasteiger partial charge in [-0.3, -0.25) is 4.79 Å². The Labute approximate surface area is 171 Å². The van der Waals surface area contributed by atoms with Crippen LogP contribution in [-0.2, 0) is 0 Å². The number of alkyl halides is 2. The monoisotopic (exact) mass is 433 g/mol. The van der Waals surface area contributed by atoms with Gasteiger partial charge < -0.3 is 18.9 Å². The van der Waals surface area contributed by atoms with E-state index in [0.717, 1.165) is 18.2 Å². The maximum absolute atomic E-state index is 14.3. The van der Waals surface area contributed by atoms with Crippen LogP contribution in [0.3, 0.4) is 0 Å². The molecule has 7 nitrogen and oxygen atoms in total. The molecular weight excluding hydrogens is 422 g/mol. The number of benzene rings is 2. The van der Waals surface area contributed by atoms with Crippen LogP contribution >= 0.6 is 0 Å². The van der Waals surface area contributed by atoms with Crippen molar-refractivity contribution < 1.29 is 35.9 Å². The fourth-order valence-corrected chi connectivity index (χ4v) is 2.66. The summed E-state index contributed by atoms with van der Waals surface area (Å²) >= 11 is 0. The number of aromatic nitrogens is 2. The molecule has 31 heavy (non-hydrogen) atoms. The first-order valence-electron chi connectivity index (χ1n) is 8.64. The molecule has 0 unspecified atom stereocenters. The third-order valence-electron chi connectivity index (χ3n) is 4.02. The summed E-state index contributed by atoms with van der Waals surface area (Å²) in [6, 6.07) is 9.21. The normalized spacial score (nSPS) is 11.0. The fraction of sp³-hybridized carbons (Fsp3) is 0.0500. The zero-order chi connectivity index (χ0) is 22.0. The Morgan fingerprint density at radius 3 is 2.58 bits per heavy atom. The molecule has 0 saturated carbocycles. The van der Waals surface area contributed by atoms with Crippen LogP contribution in [0.25, 0.3) is 23.1 Å². The van der Waals surface area contributed by atoms with Gasteiger partial charge in [-0.1, -0.05) is 0 Å². The number of furan rings is 1. The number of ether oxygens (including phenoxy) is 1. The molecule has 0 radical (unpaired) electrons. The predicted octanol–water partition coefficient (Wildman–Crippen LogP) is 5.13. The van der Waals surface area contributed by atoms with Gasteiger partial charge in [-0.25, -0.2) is 8.78 Å². The van der Waals surface area contributed by atoms with E-state index in [1.165, 1.54) is 18.4 Å². The lowest BCUT2D eigenvalue weighted by molar-refractivity contribution is -0.0501. The summed E-state index contributed by atoms with van der Waals surface area (Å²) in [5.74, 6) is -2.91. The molecule has 0 aliphatic rings. The van der Waals surface area contributed by atoms with Gasteiger partial charge in [0.25, 0.3) is 11.8 Å². The van der Waals surface area contributed by atoms with E-state index in [2.05, 4.69) is 20.3 Å². The molecule has 158 valence electrons. The van der Waals surface area contributed by atoms with Gasteiger partial charge in [0.15, 0.2) is 5.76 Å². The molecule has 11 heteroatoms. The molecule has 2 aromatic carbocycles. The van der Waals surface area contributed by atoms with Crippen molar-refractivity contribution in [2.45, 2.75) is 6.61 Å². The Bertz CT molecular complexity index is 1230. The van der Waals surface area contributed by atoms with Crippen LogP contribution in [0.2, 0.25) is 0 Å². The van der Waals surface area contributed by atoms with E-state index in [0.29, 0.717) is 11.8 Å². The van der Waals surface area contributed by atoms with Gasteiger partial charge in [0, 0.05) is 5.56 Å². The molecule has 0 aliphatic carbocycles. The van der Waals surface area contributed by atoms with Gasteiger partial charge in [0.1, 0.15) is 17.4 Å². The van der Waals surface area contributed by atoms with Crippen molar-refractivity contribution in [2.24, 2.45) is 0 Å². The zero-order valence-corrected chi connectivity index (χ0v) is 15.3. The molecule has 2 heterocycles. The highest BCUT2D eigenvalue weighted by Crippen LogP contribution is 2.29. The SMILES string of the molecule is O=C(Nc1cc(-c2nnc(-c3ccco3)o2)ccc1F)c1cc(F)ccc1OC(F)F. The summed E-state index contributed by atoms with van der Waals surface area (Å²) in [7, 11) is 0. The number of carbonyl (C=O) groups excluding carboxylic acids is 1. The summed E-state index contributed by atoms with van der Waals surface area (Å²) in [6.45, 7) is -3.24. The molecule has 1 amide bonds. The summed E-state index contributed by atoms with van der Waals surface area (Å²) in [5.41, 5.74) is -0.610. The molecule has 1 N–H and O–H groups in total. The van der Waals surface area contributed by atoms with Crippen molar-refractivity contribution in [3.63, 3.8) is 0 Å². The average molecular weight is 433 g/mol. The maximum Gasteiger partial charge on any atom is 0.387 e. The first-order valence-corrected chi connectivity index (χ1v) is 8.64. The number of hydrogen-bond acceptors (Lipinski definition) is 6. The Morgan fingerprint density at radius 2 is 1.84 bits per heavy atom. The van der Waals surface area contributed by atoms with Crippen molar-refractivity contribution >= 4 is 11.6 Å². The Morgan fingerprint density at radius 1 is 1.03 bits per heavy atom. The number of amides is 1. The second-order valence-electron chi connectivity index (χ2n) is 6.06. The minimum Gasteiger partial charge on any atom is -0.459 e. The van der Waals surface area contributed by atoms with Crippen molar-refractivity contribution in [2.75, 3.05) is 5.32 Å². The van der Waals surface area contributed by atoms with Gasteiger partial charge in [-0.2, -0.15) is 8.78 Å². The van der Waals surface area contributed by atoms with Crippen LogP contribution in [0.5, 0.6) is 5.75 Å². The summed E-state index contributed by atoms with van der Waals surface area (Å²) in [4.78, 5) is 12.5. The van der Waals surface area contributed by atoms with E-state index in [9.17, 15) is 22.4 Å². The highest BCUT2D eigenvalue weighted by atomic mass is 19.3. The van der Waals surface area contributed by atoms with Crippen LogP contribution in [0.4, 0.5) is 23.2 Å². The second kappa shape index (κ2) is 8.30. The summed E-state index contributed by atoms with van der Waals surface area (Å²) in [6.07, 6.45) is 1.42. The van der Waals surface area contributed by atoms with Crippen LogP contribution in [-0.4, -0.2) is 22.7 Å². The quantitative estimate of drug-likeness (QED) is 0.424. The molecule has 0 atom stereocenters. The largest absolute Gasteiger partial charge is 0.459 e. The average Bonchev–Trinajstić information content (AvgIpc) is 3.42. The van der Waals surface area contributed by atoms with Crippen molar-refractivity contribution in [3.8, 4) is 28.9 Å². The number of nitrogens with zero attached hydrogens (tertiary/aromatic N) is 2. The van der Waals surface area contributed by atoms with Crippen LogP contribution in [0, 0.1) is 11.6 Å². The Kier molecular flexibility index (Phi) is 5.39. The van der Waals surface area contributed by atoms with E-state index in [1.54, 1.807) is 12.1 Å². The van der Waals surface area contributed by atoms with Crippen LogP contribution in [0.15, 0.2) is 63.6 Å². The molecule has 2 aromatic heterocycles. The third-order valence-corrected chi connectivity index (χ3v) is 4.02. The molecule has 4 rings (SSSR count). The first kappa shape index (κ1) is 20.1. The third kappa shape index (κ3) is 4.39. The fourth-order valence-electron chi connectivity index (χ4n) is 2.66. The number of rotatable bonds is 6. The Balaban J connectivity index is 1.61. The highest BCUT2D eigenvalue weighted by molar-refractivity contribution is 6.06. The minimum atomic E-state index is -3.24. The molecule has 0 saturated heterocycles. The van der Waals surface area contributed by atoms with Crippen LogP contribution in [0.1, 0.15) is 10.4 Å². The zero-order valence-electron chi connectivity index (χ0n) is 15.3. The molecule has 4 aromatic rings. The van der Waals surface area contributed by atoms with Gasteiger partial charge >= 0.3 is 6.61 Å². The lowest BCUT2D eigenvalue weighted by Crippen LogP contribution is -2.16. The van der Waals surface area contributed by atoms with Crippen molar-refractivity contribution in [1.82, 2.24) is 10.2 Å². The molecule has 0 aliphatic heterocycles.